The van der Waals surface area contributed by atoms with Crippen molar-refractivity contribution in [3.05, 3.63) is 53.7 Å². The van der Waals surface area contributed by atoms with Crippen molar-refractivity contribution in [3.63, 3.8) is 0 Å². The van der Waals surface area contributed by atoms with Crippen molar-refractivity contribution in [1.29, 1.82) is 0 Å². The molecule has 0 saturated carbocycles. The van der Waals surface area contributed by atoms with E-state index in [0.717, 1.165) is 0 Å². The van der Waals surface area contributed by atoms with Crippen molar-refractivity contribution in [3.8, 4) is 11.5 Å². The van der Waals surface area contributed by atoms with Gasteiger partial charge in [0, 0.05) is 5.02 Å². The number of halogens is 1. The Balaban J connectivity index is 1.84. The molecule has 2 heterocycles. The number of benzene rings is 1. The molecule has 1 aromatic carbocycles. The Morgan fingerprint density at radius 3 is 2.57 bits per heavy atom. The third kappa shape index (κ3) is 2.98. The minimum atomic E-state index is -3.55. The summed E-state index contributed by atoms with van der Waals surface area (Å²) in [6, 6.07) is 7.55. The largest absolute Gasteiger partial charge is 0.472 e. The summed E-state index contributed by atoms with van der Waals surface area (Å²) in [5.74, 6) is -0.0538. The summed E-state index contributed by atoms with van der Waals surface area (Å²) >= 11 is 5.74. The van der Waals surface area contributed by atoms with Gasteiger partial charge in [-0.3, -0.25) is 0 Å². The van der Waals surface area contributed by atoms with E-state index in [4.69, 9.17) is 20.5 Å². The zero-order valence-electron chi connectivity index (χ0n) is 10.6. The number of sulfone groups is 1. The second-order valence-electron chi connectivity index (χ2n) is 4.24. The average molecular weight is 325 g/mol. The van der Waals surface area contributed by atoms with Gasteiger partial charge in [-0.15, -0.1) is 0 Å². The lowest BCUT2D eigenvalue weighted by molar-refractivity contribution is 0.424. The number of furan rings is 1. The molecule has 0 aliphatic carbocycles. The molecule has 3 rings (SSSR count). The quantitative estimate of drug-likeness (QED) is 0.733. The van der Waals surface area contributed by atoms with E-state index in [9.17, 15) is 8.42 Å². The van der Waals surface area contributed by atoms with Gasteiger partial charge in [0.1, 0.15) is 12.0 Å². The Hall–Kier alpha value is -2.12. The maximum absolute atomic E-state index is 12.2. The topological polar surface area (TPSA) is 86.2 Å². The lowest BCUT2D eigenvalue weighted by Gasteiger charge is -2.01. The maximum atomic E-state index is 12.2. The molecule has 0 atom stereocenters. The molecular weight excluding hydrogens is 316 g/mol. The standard InChI is InChI=1S/C13H9ClN2O4S/c14-10-1-3-11(4-2-10)21(17,18)8-12-15-13(20-16-12)9-5-6-19-7-9/h1-7H,8H2. The van der Waals surface area contributed by atoms with E-state index in [1.807, 2.05) is 0 Å². The predicted molar refractivity (Wildman–Crippen MR) is 74.3 cm³/mol. The molecule has 0 aliphatic heterocycles. The van der Waals surface area contributed by atoms with Crippen molar-refractivity contribution in [1.82, 2.24) is 10.1 Å². The molecule has 0 saturated heterocycles. The minimum absolute atomic E-state index is 0.0844. The maximum Gasteiger partial charge on any atom is 0.261 e. The summed E-state index contributed by atoms with van der Waals surface area (Å²) in [5, 5.41) is 4.14. The molecule has 0 bridgehead atoms. The highest BCUT2D eigenvalue weighted by Gasteiger charge is 2.20. The molecule has 21 heavy (non-hydrogen) atoms. The molecule has 3 aromatic rings. The van der Waals surface area contributed by atoms with Crippen molar-refractivity contribution in [2.24, 2.45) is 0 Å². The van der Waals surface area contributed by atoms with Gasteiger partial charge in [0.2, 0.25) is 0 Å². The van der Waals surface area contributed by atoms with Gasteiger partial charge >= 0.3 is 0 Å². The molecule has 2 aromatic heterocycles. The van der Waals surface area contributed by atoms with Gasteiger partial charge in [-0.05, 0) is 30.3 Å². The van der Waals surface area contributed by atoms with E-state index < -0.39 is 9.84 Å². The van der Waals surface area contributed by atoms with Gasteiger partial charge in [0.25, 0.3) is 5.89 Å². The van der Waals surface area contributed by atoms with Crippen LogP contribution in [0.1, 0.15) is 5.82 Å². The molecule has 8 heteroatoms. The Morgan fingerprint density at radius 2 is 1.90 bits per heavy atom. The second-order valence-corrected chi connectivity index (χ2v) is 6.67. The Kier molecular flexibility index (Phi) is 3.52. The summed E-state index contributed by atoms with van der Waals surface area (Å²) in [6.45, 7) is 0. The Bertz CT molecular complexity index is 839. The summed E-state index contributed by atoms with van der Waals surface area (Å²) in [6.07, 6.45) is 2.90. The van der Waals surface area contributed by atoms with Crippen LogP contribution in [-0.4, -0.2) is 18.6 Å². The van der Waals surface area contributed by atoms with Crippen LogP contribution in [0.2, 0.25) is 5.02 Å². The first-order chi connectivity index (χ1) is 10.0. The lowest BCUT2D eigenvalue weighted by Crippen LogP contribution is -2.06. The third-order valence-electron chi connectivity index (χ3n) is 2.73. The summed E-state index contributed by atoms with van der Waals surface area (Å²) in [4.78, 5) is 4.19. The number of aromatic nitrogens is 2. The van der Waals surface area contributed by atoms with E-state index in [-0.39, 0.29) is 22.4 Å². The molecule has 0 aliphatic rings. The van der Waals surface area contributed by atoms with Crippen LogP contribution in [0.25, 0.3) is 11.5 Å². The van der Waals surface area contributed by atoms with Gasteiger partial charge < -0.3 is 8.94 Å². The van der Waals surface area contributed by atoms with E-state index in [0.29, 0.717) is 10.6 Å². The third-order valence-corrected chi connectivity index (χ3v) is 4.61. The molecular formula is C13H9ClN2O4S. The second kappa shape index (κ2) is 5.34. The van der Waals surface area contributed by atoms with E-state index in [1.165, 1.54) is 36.8 Å². The van der Waals surface area contributed by atoms with Gasteiger partial charge in [-0.1, -0.05) is 16.8 Å². The van der Waals surface area contributed by atoms with Crippen LogP contribution in [0.3, 0.4) is 0 Å². The van der Waals surface area contributed by atoms with Crippen molar-refractivity contribution in [2.75, 3.05) is 0 Å². The van der Waals surface area contributed by atoms with Crippen LogP contribution in [0.4, 0.5) is 0 Å². The summed E-state index contributed by atoms with van der Waals surface area (Å²) in [5.41, 5.74) is 0.595. The highest BCUT2D eigenvalue weighted by Crippen LogP contribution is 2.21. The van der Waals surface area contributed by atoms with Gasteiger partial charge in [0.15, 0.2) is 15.7 Å². The highest BCUT2D eigenvalue weighted by atomic mass is 35.5. The van der Waals surface area contributed by atoms with Gasteiger partial charge in [0.05, 0.1) is 16.7 Å². The lowest BCUT2D eigenvalue weighted by atomic mass is 10.3. The highest BCUT2D eigenvalue weighted by molar-refractivity contribution is 7.90. The summed E-state index contributed by atoms with van der Waals surface area (Å²) in [7, 11) is -3.55. The van der Waals surface area contributed by atoms with Crippen LogP contribution in [0.5, 0.6) is 0 Å². The molecule has 6 nitrogen and oxygen atoms in total. The number of hydrogen-bond donors (Lipinski definition) is 0. The first-order valence-electron chi connectivity index (χ1n) is 5.88. The van der Waals surface area contributed by atoms with Gasteiger partial charge in [-0.25, -0.2) is 8.42 Å². The smallest absolute Gasteiger partial charge is 0.261 e. The predicted octanol–water partition coefficient (Wildman–Crippen LogP) is 2.96. The molecule has 108 valence electrons. The van der Waals surface area contributed by atoms with Crippen molar-refractivity contribution in [2.45, 2.75) is 10.6 Å². The number of rotatable bonds is 4. The number of nitrogens with zero attached hydrogens (tertiary/aromatic N) is 2. The zero-order chi connectivity index (χ0) is 14.9. The fraction of sp³-hybridized carbons (Fsp3) is 0.0769. The van der Waals surface area contributed by atoms with E-state index in [2.05, 4.69) is 10.1 Å². The van der Waals surface area contributed by atoms with E-state index >= 15 is 0 Å². The fourth-order valence-corrected chi connectivity index (χ4v) is 3.01. The van der Waals surface area contributed by atoms with Crippen LogP contribution >= 0.6 is 11.6 Å². The summed E-state index contributed by atoms with van der Waals surface area (Å²) < 4.78 is 34.4. The first kappa shape index (κ1) is 13.8. The molecule has 0 amide bonds. The normalized spacial score (nSPS) is 11.7. The monoisotopic (exact) mass is 324 g/mol. The molecule has 0 unspecified atom stereocenters. The van der Waals surface area contributed by atoms with Crippen LogP contribution < -0.4 is 0 Å². The fourth-order valence-electron chi connectivity index (χ4n) is 1.71. The first-order valence-corrected chi connectivity index (χ1v) is 7.91. The van der Waals surface area contributed by atoms with Crippen molar-refractivity contribution < 1.29 is 17.4 Å². The van der Waals surface area contributed by atoms with Gasteiger partial charge in [-0.2, -0.15) is 4.98 Å². The molecule has 0 N–H and O–H groups in total. The molecule has 0 spiro atoms. The number of hydrogen-bond acceptors (Lipinski definition) is 6. The van der Waals surface area contributed by atoms with Crippen molar-refractivity contribution >= 4 is 21.4 Å². The van der Waals surface area contributed by atoms with Crippen LogP contribution in [0, 0.1) is 0 Å². The van der Waals surface area contributed by atoms with E-state index in [1.54, 1.807) is 6.07 Å². The molecule has 0 radical (unpaired) electrons. The minimum Gasteiger partial charge on any atom is -0.472 e. The Morgan fingerprint density at radius 1 is 1.14 bits per heavy atom. The van der Waals surface area contributed by atoms with Crippen LogP contribution in [0.15, 0.2) is 56.7 Å². The average Bonchev–Trinajstić information content (AvgIpc) is 3.09. The SMILES string of the molecule is O=S(=O)(Cc1noc(-c2ccoc2)n1)c1ccc(Cl)cc1. The zero-order valence-corrected chi connectivity index (χ0v) is 12.1. The van der Waals surface area contributed by atoms with Crippen LogP contribution in [-0.2, 0) is 15.6 Å². The molecule has 0 fully saturated rings. The Labute approximate surface area is 125 Å².